The van der Waals surface area contributed by atoms with E-state index in [1.165, 1.54) is 0 Å². The largest absolute Gasteiger partial charge is 0.463 e. The third-order valence-electron chi connectivity index (χ3n) is 1.62. The van der Waals surface area contributed by atoms with Crippen molar-refractivity contribution in [2.24, 2.45) is 0 Å². The topological polar surface area (TPSA) is 52.6 Å². The van der Waals surface area contributed by atoms with Crippen LogP contribution in [0.15, 0.2) is 12.7 Å². The van der Waals surface area contributed by atoms with Gasteiger partial charge in [0.15, 0.2) is 0 Å². The fourth-order valence-electron chi connectivity index (χ4n) is 0.661. The van der Waals surface area contributed by atoms with Gasteiger partial charge < -0.3 is 9.47 Å². The van der Waals surface area contributed by atoms with Gasteiger partial charge in [0.05, 0.1) is 12.5 Å². The SMILES string of the molecule is C=CC(=O)OCCC(=O)OC(C)CC. The van der Waals surface area contributed by atoms with Crippen molar-refractivity contribution in [1.29, 1.82) is 0 Å². The van der Waals surface area contributed by atoms with Gasteiger partial charge in [0.1, 0.15) is 6.61 Å². The lowest BCUT2D eigenvalue weighted by molar-refractivity contribution is -0.151. The number of esters is 2. The van der Waals surface area contributed by atoms with E-state index in [-0.39, 0.29) is 25.1 Å². The molecule has 0 N–H and O–H groups in total. The van der Waals surface area contributed by atoms with Gasteiger partial charge in [-0.15, -0.1) is 0 Å². The van der Waals surface area contributed by atoms with Crippen LogP contribution in [0.1, 0.15) is 26.7 Å². The van der Waals surface area contributed by atoms with Crippen LogP contribution in [-0.4, -0.2) is 24.6 Å². The first-order valence-corrected chi connectivity index (χ1v) is 4.58. The van der Waals surface area contributed by atoms with Crippen LogP contribution in [0, 0.1) is 0 Å². The number of rotatable bonds is 6. The number of hydrogen-bond acceptors (Lipinski definition) is 4. The first-order valence-electron chi connectivity index (χ1n) is 4.58. The summed E-state index contributed by atoms with van der Waals surface area (Å²) < 4.78 is 9.58. The van der Waals surface area contributed by atoms with Gasteiger partial charge in [-0.2, -0.15) is 0 Å². The van der Waals surface area contributed by atoms with Crippen molar-refractivity contribution in [1.82, 2.24) is 0 Å². The maximum Gasteiger partial charge on any atom is 0.330 e. The molecule has 14 heavy (non-hydrogen) atoms. The molecule has 0 aliphatic carbocycles. The smallest absolute Gasteiger partial charge is 0.330 e. The molecule has 0 aromatic rings. The minimum absolute atomic E-state index is 0.0418. The Balaban J connectivity index is 3.54. The summed E-state index contributed by atoms with van der Waals surface area (Å²) in [5.74, 6) is -0.877. The van der Waals surface area contributed by atoms with E-state index in [0.717, 1.165) is 12.5 Å². The molecule has 4 heteroatoms. The second kappa shape index (κ2) is 7.12. The maximum absolute atomic E-state index is 11.0. The number of carbonyl (C=O) groups excluding carboxylic acids is 2. The van der Waals surface area contributed by atoms with Gasteiger partial charge in [-0.05, 0) is 13.3 Å². The fourth-order valence-corrected chi connectivity index (χ4v) is 0.661. The van der Waals surface area contributed by atoms with Crippen LogP contribution in [0.2, 0.25) is 0 Å². The highest BCUT2D eigenvalue weighted by Gasteiger charge is 2.08. The first-order chi connectivity index (χ1) is 6.60. The molecule has 0 fully saturated rings. The molecule has 0 bridgehead atoms. The van der Waals surface area contributed by atoms with Crippen LogP contribution in [0.5, 0.6) is 0 Å². The zero-order chi connectivity index (χ0) is 11.0. The van der Waals surface area contributed by atoms with Gasteiger partial charge in [-0.1, -0.05) is 13.5 Å². The molecule has 0 spiro atoms. The molecule has 0 aromatic heterocycles. The van der Waals surface area contributed by atoms with Gasteiger partial charge >= 0.3 is 11.9 Å². The Bertz CT molecular complexity index is 210. The standard InChI is InChI=1S/C10H16O4/c1-4-8(3)14-10(12)6-7-13-9(11)5-2/h5,8H,2,4,6-7H2,1,3H3. The molecule has 80 valence electrons. The van der Waals surface area contributed by atoms with Crippen LogP contribution >= 0.6 is 0 Å². The predicted octanol–water partition coefficient (Wildman–Crippen LogP) is 1.45. The number of hydrogen-bond donors (Lipinski definition) is 0. The molecule has 0 radical (unpaired) electrons. The Morgan fingerprint density at radius 1 is 1.50 bits per heavy atom. The zero-order valence-corrected chi connectivity index (χ0v) is 8.62. The lowest BCUT2D eigenvalue weighted by Gasteiger charge is -2.10. The van der Waals surface area contributed by atoms with Crippen LogP contribution in [-0.2, 0) is 19.1 Å². The first kappa shape index (κ1) is 12.7. The third kappa shape index (κ3) is 6.22. The Hall–Kier alpha value is -1.32. The van der Waals surface area contributed by atoms with E-state index in [4.69, 9.17) is 4.74 Å². The van der Waals surface area contributed by atoms with Crippen molar-refractivity contribution in [2.45, 2.75) is 32.8 Å². The van der Waals surface area contributed by atoms with Gasteiger partial charge in [0.25, 0.3) is 0 Å². The average molecular weight is 200 g/mol. The second-order valence-corrected chi connectivity index (χ2v) is 2.83. The van der Waals surface area contributed by atoms with E-state index < -0.39 is 5.97 Å². The lowest BCUT2D eigenvalue weighted by Crippen LogP contribution is -2.16. The van der Waals surface area contributed by atoms with E-state index in [0.29, 0.717) is 0 Å². The van der Waals surface area contributed by atoms with Crippen LogP contribution in [0.25, 0.3) is 0 Å². The minimum Gasteiger partial charge on any atom is -0.463 e. The Morgan fingerprint density at radius 3 is 2.64 bits per heavy atom. The molecule has 0 saturated heterocycles. The summed E-state index contributed by atoms with van der Waals surface area (Å²) >= 11 is 0. The third-order valence-corrected chi connectivity index (χ3v) is 1.62. The quantitative estimate of drug-likeness (QED) is 0.481. The lowest BCUT2D eigenvalue weighted by atomic mass is 10.3. The minimum atomic E-state index is -0.527. The molecule has 0 aliphatic heterocycles. The molecule has 0 amide bonds. The molecule has 0 rings (SSSR count). The Morgan fingerprint density at radius 2 is 2.14 bits per heavy atom. The Labute approximate surface area is 83.9 Å². The highest BCUT2D eigenvalue weighted by molar-refractivity contribution is 5.81. The van der Waals surface area contributed by atoms with Crippen molar-refractivity contribution in [3.8, 4) is 0 Å². The highest BCUT2D eigenvalue weighted by atomic mass is 16.6. The highest BCUT2D eigenvalue weighted by Crippen LogP contribution is 1.98. The molecule has 0 heterocycles. The van der Waals surface area contributed by atoms with Gasteiger partial charge in [0.2, 0.25) is 0 Å². The molecule has 0 saturated carbocycles. The van der Waals surface area contributed by atoms with Crippen molar-refractivity contribution in [3.05, 3.63) is 12.7 Å². The van der Waals surface area contributed by atoms with Crippen molar-refractivity contribution >= 4 is 11.9 Å². The normalized spacial score (nSPS) is 11.6. The van der Waals surface area contributed by atoms with Crippen molar-refractivity contribution in [2.75, 3.05) is 6.61 Å². The predicted molar refractivity (Wildman–Crippen MR) is 51.6 cm³/mol. The van der Waals surface area contributed by atoms with E-state index in [1.54, 1.807) is 0 Å². The van der Waals surface area contributed by atoms with E-state index in [1.807, 2.05) is 13.8 Å². The van der Waals surface area contributed by atoms with Crippen molar-refractivity contribution < 1.29 is 19.1 Å². The monoisotopic (exact) mass is 200 g/mol. The molecular weight excluding hydrogens is 184 g/mol. The Kier molecular flexibility index (Phi) is 6.45. The molecule has 1 unspecified atom stereocenters. The molecule has 0 aromatic carbocycles. The van der Waals surface area contributed by atoms with Gasteiger partial charge in [-0.25, -0.2) is 4.79 Å². The van der Waals surface area contributed by atoms with Crippen LogP contribution < -0.4 is 0 Å². The molecule has 0 aliphatic rings. The van der Waals surface area contributed by atoms with Crippen LogP contribution in [0.4, 0.5) is 0 Å². The average Bonchev–Trinajstić information content (AvgIpc) is 2.17. The summed E-state index contributed by atoms with van der Waals surface area (Å²) in [5, 5.41) is 0. The fraction of sp³-hybridized carbons (Fsp3) is 0.600. The van der Waals surface area contributed by atoms with E-state index >= 15 is 0 Å². The summed E-state index contributed by atoms with van der Waals surface area (Å²) in [6.07, 6.45) is 1.83. The summed E-state index contributed by atoms with van der Waals surface area (Å²) in [6.45, 7) is 7.01. The maximum atomic E-state index is 11.0. The molecule has 4 nitrogen and oxygen atoms in total. The van der Waals surface area contributed by atoms with E-state index in [2.05, 4.69) is 11.3 Å². The molecule has 1 atom stereocenters. The van der Waals surface area contributed by atoms with Crippen LogP contribution in [0.3, 0.4) is 0 Å². The summed E-state index contributed by atoms with van der Waals surface area (Å²) in [7, 11) is 0. The zero-order valence-electron chi connectivity index (χ0n) is 8.62. The second-order valence-electron chi connectivity index (χ2n) is 2.83. The summed E-state index contributed by atoms with van der Waals surface area (Å²) in [6, 6.07) is 0. The van der Waals surface area contributed by atoms with Gasteiger partial charge in [0, 0.05) is 6.08 Å². The van der Waals surface area contributed by atoms with E-state index in [9.17, 15) is 9.59 Å². The van der Waals surface area contributed by atoms with Crippen molar-refractivity contribution in [3.63, 3.8) is 0 Å². The summed E-state index contributed by atoms with van der Waals surface area (Å²) in [5.41, 5.74) is 0. The van der Waals surface area contributed by atoms with Gasteiger partial charge in [-0.3, -0.25) is 4.79 Å². The number of ether oxygens (including phenoxy) is 2. The molecular formula is C10H16O4. The summed E-state index contributed by atoms with van der Waals surface area (Å²) in [4.78, 5) is 21.6. The number of carbonyl (C=O) groups is 2.